The maximum absolute atomic E-state index is 13.4. The van der Waals surface area contributed by atoms with Crippen LogP contribution in [-0.4, -0.2) is 22.0 Å². The highest BCUT2D eigenvalue weighted by atomic mass is 19.1. The van der Waals surface area contributed by atoms with Crippen molar-refractivity contribution in [2.45, 2.75) is 26.2 Å². The summed E-state index contributed by atoms with van der Waals surface area (Å²) in [6, 6.07) is 12.0. The van der Waals surface area contributed by atoms with Gasteiger partial charge in [-0.3, -0.25) is 4.79 Å². The topological polar surface area (TPSA) is 46.9 Å². The van der Waals surface area contributed by atoms with E-state index in [0.717, 1.165) is 22.4 Å². The largest absolute Gasteiger partial charge is 0.351 e. The van der Waals surface area contributed by atoms with Gasteiger partial charge in [0.25, 0.3) is 5.91 Å². The number of imidazole rings is 1. The SMILES string of the molecule is Cc1nc2cc(C(=O)NCC(C)(C)c3cccc(F)c3)ccc2n1C. The Morgan fingerprint density at radius 1 is 1.24 bits per heavy atom. The Bertz CT molecular complexity index is 943. The highest BCUT2D eigenvalue weighted by Crippen LogP contribution is 2.23. The van der Waals surface area contributed by atoms with Gasteiger partial charge in [-0.1, -0.05) is 26.0 Å². The van der Waals surface area contributed by atoms with Crippen molar-refractivity contribution in [1.82, 2.24) is 14.9 Å². The smallest absolute Gasteiger partial charge is 0.251 e. The molecule has 130 valence electrons. The number of nitrogens with one attached hydrogen (secondary N) is 1. The Labute approximate surface area is 146 Å². The van der Waals surface area contributed by atoms with Gasteiger partial charge in [-0.2, -0.15) is 0 Å². The molecule has 0 aliphatic rings. The van der Waals surface area contributed by atoms with Gasteiger partial charge in [-0.05, 0) is 42.8 Å². The summed E-state index contributed by atoms with van der Waals surface area (Å²) < 4.78 is 15.4. The van der Waals surface area contributed by atoms with E-state index in [2.05, 4.69) is 10.3 Å². The molecule has 0 spiro atoms. The summed E-state index contributed by atoms with van der Waals surface area (Å²) in [5, 5.41) is 2.95. The standard InChI is InChI=1S/C20H22FN3O/c1-13-23-17-10-14(8-9-18(17)24(13)4)19(25)22-12-20(2,3)15-6-5-7-16(21)11-15/h5-11H,12H2,1-4H3,(H,22,25). The van der Waals surface area contributed by atoms with E-state index in [9.17, 15) is 9.18 Å². The maximum atomic E-state index is 13.4. The van der Waals surface area contributed by atoms with Gasteiger partial charge in [0, 0.05) is 24.6 Å². The van der Waals surface area contributed by atoms with Crippen LogP contribution in [0.3, 0.4) is 0 Å². The fraction of sp³-hybridized carbons (Fsp3) is 0.300. The number of hydrogen-bond donors (Lipinski definition) is 1. The van der Waals surface area contributed by atoms with Crippen LogP contribution in [0, 0.1) is 12.7 Å². The van der Waals surface area contributed by atoms with Gasteiger partial charge in [-0.15, -0.1) is 0 Å². The van der Waals surface area contributed by atoms with E-state index in [-0.39, 0.29) is 17.1 Å². The number of amides is 1. The van der Waals surface area contributed by atoms with Crippen molar-refractivity contribution in [2.24, 2.45) is 7.05 Å². The molecule has 3 rings (SSSR count). The van der Waals surface area contributed by atoms with Gasteiger partial charge in [-0.25, -0.2) is 9.37 Å². The van der Waals surface area contributed by atoms with Crippen LogP contribution in [0.2, 0.25) is 0 Å². The Morgan fingerprint density at radius 3 is 2.72 bits per heavy atom. The number of nitrogens with zero attached hydrogens (tertiary/aromatic N) is 2. The summed E-state index contributed by atoms with van der Waals surface area (Å²) in [4.78, 5) is 17.0. The van der Waals surface area contributed by atoms with Gasteiger partial charge < -0.3 is 9.88 Å². The summed E-state index contributed by atoms with van der Waals surface area (Å²) in [7, 11) is 1.95. The number of hydrogen-bond acceptors (Lipinski definition) is 2. The van der Waals surface area contributed by atoms with Crippen LogP contribution < -0.4 is 5.32 Å². The summed E-state index contributed by atoms with van der Waals surface area (Å²) in [6.45, 7) is 6.30. The molecule has 0 saturated carbocycles. The minimum atomic E-state index is -0.372. The third-order valence-electron chi connectivity index (χ3n) is 4.66. The normalized spacial score (nSPS) is 11.7. The zero-order valence-corrected chi connectivity index (χ0v) is 14.9. The fourth-order valence-electron chi connectivity index (χ4n) is 2.88. The Kier molecular flexibility index (Phi) is 4.33. The molecule has 1 aromatic heterocycles. The Hall–Kier alpha value is -2.69. The first kappa shape index (κ1) is 17.1. The molecule has 0 aliphatic carbocycles. The molecule has 0 saturated heterocycles. The van der Waals surface area contributed by atoms with Crippen molar-refractivity contribution in [1.29, 1.82) is 0 Å². The predicted molar refractivity (Wildman–Crippen MR) is 97.2 cm³/mol. The van der Waals surface area contributed by atoms with Crippen LogP contribution in [-0.2, 0) is 12.5 Å². The number of benzene rings is 2. The average molecular weight is 339 g/mol. The van der Waals surface area contributed by atoms with Crippen LogP contribution in [0.4, 0.5) is 4.39 Å². The first-order valence-electron chi connectivity index (χ1n) is 8.25. The lowest BCUT2D eigenvalue weighted by Gasteiger charge is -2.25. The van der Waals surface area contributed by atoms with Crippen molar-refractivity contribution < 1.29 is 9.18 Å². The van der Waals surface area contributed by atoms with E-state index in [1.165, 1.54) is 12.1 Å². The molecule has 0 atom stereocenters. The molecule has 1 heterocycles. The summed E-state index contributed by atoms with van der Waals surface area (Å²) >= 11 is 0. The number of carbonyl (C=O) groups excluding carboxylic acids is 1. The highest BCUT2D eigenvalue weighted by Gasteiger charge is 2.22. The molecule has 5 heteroatoms. The molecule has 0 aliphatic heterocycles. The van der Waals surface area contributed by atoms with E-state index in [0.29, 0.717) is 12.1 Å². The second kappa shape index (κ2) is 6.31. The van der Waals surface area contributed by atoms with E-state index in [4.69, 9.17) is 0 Å². The summed E-state index contributed by atoms with van der Waals surface area (Å²) in [6.07, 6.45) is 0. The molecule has 1 amide bonds. The molecule has 1 N–H and O–H groups in total. The zero-order valence-electron chi connectivity index (χ0n) is 14.9. The molecule has 0 unspecified atom stereocenters. The van der Waals surface area contributed by atoms with Gasteiger partial charge in [0.15, 0.2) is 0 Å². The average Bonchev–Trinajstić information content (AvgIpc) is 2.86. The molecule has 0 radical (unpaired) electrons. The molecule has 0 fully saturated rings. The van der Waals surface area contributed by atoms with Crippen molar-refractivity contribution >= 4 is 16.9 Å². The van der Waals surface area contributed by atoms with Crippen LogP contribution in [0.1, 0.15) is 35.6 Å². The minimum Gasteiger partial charge on any atom is -0.351 e. The molecular formula is C20H22FN3O. The van der Waals surface area contributed by atoms with Crippen LogP contribution in [0.25, 0.3) is 11.0 Å². The third kappa shape index (κ3) is 3.40. The van der Waals surface area contributed by atoms with Gasteiger partial charge >= 0.3 is 0 Å². The Balaban J connectivity index is 1.76. The van der Waals surface area contributed by atoms with E-state index in [1.807, 2.05) is 44.5 Å². The number of aromatic nitrogens is 2. The van der Waals surface area contributed by atoms with E-state index >= 15 is 0 Å². The lowest BCUT2D eigenvalue weighted by molar-refractivity contribution is 0.0946. The summed E-state index contributed by atoms with van der Waals surface area (Å²) in [5.41, 5.74) is 2.85. The quantitative estimate of drug-likeness (QED) is 0.787. The monoisotopic (exact) mass is 339 g/mol. The van der Waals surface area contributed by atoms with Crippen LogP contribution in [0.15, 0.2) is 42.5 Å². The predicted octanol–water partition coefficient (Wildman–Crippen LogP) is 3.73. The van der Waals surface area contributed by atoms with E-state index in [1.54, 1.807) is 18.2 Å². The molecule has 0 bridgehead atoms. The second-order valence-electron chi connectivity index (χ2n) is 7.00. The van der Waals surface area contributed by atoms with Gasteiger partial charge in [0.1, 0.15) is 11.6 Å². The Morgan fingerprint density at radius 2 is 2.00 bits per heavy atom. The fourth-order valence-corrected chi connectivity index (χ4v) is 2.88. The third-order valence-corrected chi connectivity index (χ3v) is 4.66. The maximum Gasteiger partial charge on any atom is 0.251 e. The first-order valence-corrected chi connectivity index (χ1v) is 8.25. The lowest BCUT2D eigenvalue weighted by Crippen LogP contribution is -2.36. The molecule has 4 nitrogen and oxygen atoms in total. The minimum absolute atomic E-state index is 0.158. The number of rotatable bonds is 4. The molecule has 25 heavy (non-hydrogen) atoms. The summed E-state index contributed by atoms with van der Waals surface area (Å²) in [5.74, 6) is 0.474. The lowest BCUT2D eigenvalue weighted by atomic mass is 9.84. The van der Waals surface area contributed by atoms with Gasteiger partial charge in [0.05, 0.1) is 11.0 Å². The van der Waals surface area contributed by atoms with Crippen molar-refractivity contribution in [3.8, 4) is 0 Å². The van der Waals surface area contributed by atoms with E-state index < -0.39 is 0 Å². The molecular weight excluding hydrogens is 317 g/mol. The first-order chi connectivity index (χ1) is 11.8. The number of fused-ring (bicyclic) bond motifs is 1. The molecule has 2 aromatic carbocycles. The van der Waals surface area contributed by atoms with Crippen molar-refractivity contribution in [2.75, 3.05) is 6.54 Å². The number of carbonyl (C=O) groups is 1. The van der Waals surface area contributed by atoms with Crippen LogP contribution in [0.5, 0.6) is 0 Å². The molecule has 3 aromatic rings. The highest BCUT2D eigenvalue weighted by molar-refractivity contribution is 5.97. The number of aryl methyl sites for hydroxylation is 2. The zero-order chi connectivity index (χ0) is 18.2. The van der Waals surface area contributed by atoms with Crippen molar-refractivity contribution in [3.05, 3.63) is 65.2 Å². The van der Waals surface area contributed by atoms with Crippen LogP contribution >= 0.6 is 0 Å². The number of halogens is 1. The second-order valence-corrected chi connectivity index (χ2v) is 7.00. The van der Waals surface area contributed by atoms with Crippen molar-refractivity contribution in [3.63, 3.8) is 0 Å². The van der Waals surface area contributed by atoms with Gasteiger partial charge in [0.2, 0.25) is 0 Å².